The summed E-state index contributed by atoms with van der Waals surface area (Å²) in [6, 6.07) is -2.31. The van der Waals surface area contributed by atoms with Crippen LogP contribution in [0.4, 0.5) is 0 Å². The van der Waals surface area contributed by atoms with E-state index in [0.717, 1.165) is 19.3 Å². The van der Waals surface area contributed by atoms with Crippen LogP contribution in [-0.2, 0) is 28.7 Å². The SMILES string of the molecule is CC(=O)N[C@@H]1CCCC[C@H]1O[C@H](C)C(=O)N[C@@H](C)C(=O)N[C@H](CCC(=O)O)C(N)=O. The van der Waals surface area contributed by atoms with Gasteiger partial charge in [0.25, 0.3) is 0 Å². The molecule has 1 aliphatic carbocycles. The van der Waals surface area contributed by atoms with Gasteiger partial charge in [-0.2, -0.15) is 0 Å². The van der Waals surface area contributed by atoms with Gasteiger partial charge < -0.3 is 31.5 Å². The summed E-state index contributed by atoms with van der Waals surface area (Å²) in [5, 5.41) is 16.4. The summed E-state index contributed by atoms with van der Waals surface area (Å²) in [6.45, 7) is 4.41. The summed E-state index contributed by atoms with van der Waals surface area (Å²) < 4.78 is 5.83. The number of ether oxygens (including phenoxy) is 1. The number of primary amides is 1. The van der Waals surface area contributed by atoms with E-state index < -0.39 is 41.9 Å². The molecule has 0 heterocycles. The fraction of sp³-hybridized carbons (Fsp3) is 0.737. The minimum atomic E-state index is -1.15. The molecule has 170 valence electrons. The Balaban J connectivity index is 2.58. The van der Waals surface area contributed by atoms with Crippen molar-refractivity contribution in [2.75, 3.05) is 0 Å². The third-order valence-electron chi connectivity index (χ3n) is 4.90. The highest BCUT2D eigenvalue weighted by molar-refractivity contribution is 5.92. The molecule has 0 unspecified atom stereocenters. The van der Waals surface area contributed by atoms with Crippen molar-refractivity contribution in [3.05, 3.63) is 0 Å². The van der Waals surface area contributed by atoms with Gasteiger partial charge in [0.1, 0.15) is 18.2 Å². The summed E-state index contributed by atoms with van der Waals surface area (Å²) in [5.41, 5.74) is 5.19. The van der Waals surface area contributed by atoms with Crippen molar-refractivity contribution < 1.29 is 33.8 Å². The molecule has 11 heteroatoms. The Kier molecular flexibility index (Phi) is 10.2. The maximum Gasteiger partial charge on any atom is 0.303 e. The first kappa shape index (κ1) is 25.3. The van der Waals surface area contributed by atoms with Crippen molar-refractivity contribution in [3.8, 4) is 0 Å². The van der Waals surface area contributed by atoms with Crippen molar-refractivity contribution in [2.45, 2.75) is 89.6 Å². The van der Waals surface area contributed by atoms with E-state index >= 15 is 0 Å². The largest absolute Gasteiger partial charge is 0.481 e. The Hall–Kier alpha value is -2.69. The Labute approximate surface area is 175 Å². The van der Waals surface area contributed by atoms with E-state index in [-0.39, 0.29) is 30.9 Å². The molecule has 0 aromatic heterocycles. The van der Waals surface area contributed by atoms with E-state index in [0.29, 0.717) is 6.42 Å². The summed E-state index contributed by atoms with van der Waals surface area (Å²) in [6.07, 6.45) is 1.72. The highest BCUT2D eigenvalue weighted by Gasteiger charge is 2.31. The zero-order valence-corrected chi connectivity index (χ0v) is 17.6. The number of rotatable bonds is 11. The second kappa shape index (κ2) is 12.1. The number of nitrogens with two attached hydrogens (primary N) is 1. The van der Waals surface area contributed by atoms with Crippen LogP contribution < -0.4 is 21.7 Å². The average Bonchev–Trinajstić information content (AvgIpc) is 2.65. The Morgan fingerprint density at radius 2 is 1.70 bits per heavy atom. The molecule has 30 heavy (non-hydrogen) atoms. The average molecular weight is 428 g/mol. The molecule has 5 atom stereocenters. The molecule has 0 aliphatic heterocycles. The molecule has 4 amide bonds. The van der Waals surface area contributed by atoms with Crippen LogP contribution in [0.25, 0.3) is 0 Å². The van der Waals surface area contributed by atoms with Crippen molar-refractivity contribution in [1.29, 1.82) is 0 Å². The monoisotopic (exact) mass is 428 g/mol. The summed E-state index contributed by atoms with van der Waals surface area (Å²) in [4.78, 5) is 58.1. The smallest absolute Gasteiger partial charge is 0.303 e. The maximum atomic E-state index is 12.4. The molecule has 0 saturated heterocycles. The Morgan fingerprint density at radius 3 is 2.27 bits per heavy atom. The van der Waals surface area contributed by atoms with Crippen LogP contribution in [0.1, 0.15) is 59.3 Å². The standard InChI is InChI=1S/C19H32N4O7/c1-10(18(28)23-14(17(20)27)8-9-16(25)26)21-19(29)11(2)30-15-7-5-4-6-13(15)22-12(3)24/h10-11,13-15H,4-9H2,1-3H3,(H2,20,27)(H,21,29)(H,22,24)(H,23,28)(H,25,26)/t10-,11+,13+,14+,15+/m0/s1. The van der Waals surface area contributed by atoms with E-state index in [1.165, 1.54) is 13.8 Å². The van der Waals surface area contributed by atoms with Crippen LogP contribution in [0.3, 0.4) is 0 Å². The molecule has 6 N–H and O–H groups in total. The molecule has 0 spiro atoms. The lowest BCUT2D eigenvalue weighted by Gasteiger charge is -2.33. The van der Waals surface area contributed by atoms with Gasteiger partial charge in [0.05, 0.1) is 12.1 Å². The lowest BCUT2D eigenvalue weighted by Crippen LogP contribution is -2.54. The van der Waals surface area contributed by atoms with E-state index in [1.807, 2.05) is 0 Å². The normalized spacial score (nSPS) is 21.6. The van der Waals surface area contributed by atoms with Gasteiger partial charge in [0.15, 0.2) is 0 Å². The zero-order chi connectivity index (χ0) is 22.8. The van der Waals surface area contributed by atoms with Gasteiger partial charge in [-0.05, 0) is 33.1 Å². The zero-order valence-electron chi connectivity index (χ0n) is 17.6. The van der Waals surface area contributed by atoms with Crippen LogP contribution in [0.5, 0.6) is 0 Å². The third-order valence-corrected chi connectivity index (χ3v) is 4.90. The maximum absolute atomic E-state index is 12.4. The first-order valence-electron chi connectivity index (χ1n) is 10.1. The Bertz CT molecular complexity index is 655. The predicted octanol–water partition coefficient (Wildman–Crippen LogP) is -0.822. The number of aliphatic carboxylic acids is 1. The van der Waals surface area contributed by atoms with Crippen molar-refractivity contribution in [2.24, 2.45) is 5.73 Å². The molecule has 1 aliphatic rings. The van der Waals surface area contributed by atoms with Gasteiger partial charge in [0.2, 0.25) is 23.6 Å². The van der Waals surface area contributed by atoms with E-state index in [2.05, 4.69) is 16.0 Å². The minimum Gasteiger partial charge on any atom is -0.481 e. The molecule has 1 fully saturated rings. The number of hydrogen-bond acceptors (Lipinski definition) is 6. The van der Waals surface area contributed by atoms with Crippen LogP contribution in [-0.4, -0.2) is 65.0 Å². The highest BCUT2D eigenvalue weighted by atomic mass is 16.5. The van der Waals surface area contributed by atoms with Crippen LogP contribution >= 0.6 is 0 Å². The van der Waals surface area contributed by atoms with E-state index in [1.54, 1.807) is 6.92 Å². The molecule has 1 rings (SSSR count). The topological polar surface area (TPSA) is 177 Å². The molecule has 0 aromatic carbocycles. The molecule has 0 bridgehead atoms. The second-order valence-corrected chi connectivity index (χ2v) is 7.53. The number of hydrogen-bond donors (Lipinski definition) is 5. The quantitative estimate of drug-likeness (QED) is 0.285. The van der Waals surface area contributed by atoms with Gasteiger partial charge in [-0.15, -0.1) is 0 Å². The van der Waals surface area contributed by atoms with E-state index in [4.69, 9.17) is 15.6 Å². The fourth-order valence-corrected chi connectivity index (χ4v) is 3.26. The predicted molar refractivity (Wildman–Crippen MR) is 106 cm³/mol. The number of nitrogens with one attached hydrogen (secondary N) is 3. The number of amides is 4. The summed E-state index contributed by atoms with van der Waals surface area (Å²) >= 11 is 0. The molecular weight excluding hydrogens is 396 g/mol. The third kappa shape index (κ3) is 8.76. The van der Waals surface area contributed by atoms with Crippen molar-refractivity contribution >= 4 is 29.6 Å². The minimum absolute atomic E-state index is 0.150. The van der Waals surface area contributed by atoms with Gasteiger partial charge in [0, 0.05) is 13.3 Å². The van der Waals surface area contributed by atoms with Gasteiger partial charge in [-0.25, -0.2) is 0 Å². The molecule has 11 nitrogen and oxygen atoms in total. The summed E-state index contributed by atoms with van der Waals surface area (Å²) in [5.74, 6) is -3.33. The number of carbonyl (C=O) groups is 5. The van der Waals surface area contributed by atoms with Crippen molar-refractivity contribution in [3.63, 3.8) is 0 Å². The Morgan fingerprint density at radius 1 is 1.07 bits per heavy atom. The second-order valence-electron chi connectivity index (χ2n) is 7.53. The van der Waals surface area contributed by atoms with Gasteiger partial charge in [-0.3, -0.25) is 24.0 Å². The molecular formula is C19H32N4O7. The number of carbonyl (C=O) groups excluding carboxylic acids is 4. The highest BCUT2D eigenvalue weighted by Crippen LogP contribution is 2.22. The van der Waals surface area contributed by atoms with Crippen LogP contribution in [0, 0.1) is 0 Å². The fourth-order valence-electron chi connectivity index (χ4n) is 3.26. The number of carboxylic acid groups (broad SMARTS) is 1. The van der Waals surface area contributed by atoms with Crippen LogP contribution in [0.15, 0.2) is 0 Å². The van der Waals surface area contributed by atoms with E-state index in [9.17, 15) is 24.0 Å². The summed E-state index contributed by atoms with van der Waals surface area (Å²) in [7, 11) is 0. The number of carboxylic acids is 1. The van der Waals surface area contributed by atoms with Gasteiger partial charge in [-0.1, -0.05) is 12.8 Å². The first-order chi connectivity index (χ1) is 14.0. The van der Waals surface area contributed by atoms with Gasteiger partial charge >= 0.3 is 5.97 Å². The van der Waals surface area contributed by atoms with Crippen molar-refractivity contribution in [1.82, 2.24) is 16.0 Å². The molecule has 0 radical (unpaired) electrons. The lowest BCUT2D eigenvalue weighted by molar-refractivity contribution is -0.141. The van der Waals surface area contributed by atoms with Crippen LogP contribution in [0.2, 0.25) is 0 Å². The lowest BCUT2D eigenvalue weighted by atomic mass is 9.92. The molecule has 1 saturated carbocycles. The first-order valence-corrected chi connectivity index (χ1v) is 10.1. The molecule has 0 aromatic rings.